The molecular weight excluding hydrogens is 194 g/mol. The summed E-state index contributed by atoms with van der Waals surface area (Å²) in [6.45, 7) is 5.47. The van der Waals surface area contributed by atoms with Crippen molar-refractivity contribution in [1.82, 2.24) is 10.2 Å². The first kappa shape index (κ1) is 11.4. The quantitative estimate of drug-likeness (QED) is 0.708. The highest BCUT2D eigenvalue weighted by Gasteiger charge is 2.20. The second kappa shape index (κ2) is 4.25. The number of carbonyl (C=O) groups is 1. The Kier molecular flexibility index (Phi) is 3.24. The van der Waals surface area contributed by atoms with Crippen molar-refractivity contribution in [3.63, 3.8) is 0 Å². The largest absolute Gasteiger partial charge is 0.443 e. The van der Waals surface area contributed by atoms with Crippen LogP contribution in [-0.4, -0.2) is 28.9 Å². The Labute approximate surface area is 89.1 Å². The number of hydrogen-bond donors (Lipinski definition) is 0. The number of carbonyl (C=O) groups excluding carboxylic acids is 1. The maximum Gasteiger partial charge on any atom is 0.414 e. The van der Waals surface area contributed by atoms with Crippen molar-refractivity contribution in [1.29, 1.82) is 0 Å². The van der Waals surface area contributed by atoms with Crippen molar-refractivity contribution in [2.75, 3.05) is 11.9 Å². The number of hydrogen-bond acceptors (Lipinski definition) is 4. The first-order valence-electron chi connectivity index (χ1n) is 4.63. The zero-order valence-electron chi connectivity index (χ0n) is 9.39. The van der Waals surface area contributed by atoms with Gasteiger partial charge in [0, 0.05) is 7.05 Å². The van der Waals surface area contributed by atoms with Crippen molar-refractivity contribution in [3.8, 4) is 0 Å². The summed E-state index contributed by atoms with van der Waals surface area (Å²) in [5, 5.41) is 7.32. The minimum atomic E-state index is -0.494. The maximum absolute atomic E-state index is 11.6. The average molecular weight is 209 g/mol. The van der Waals surface area contributed by atoms with E-state index in [-0.39, 0.29) is 0 Å². The average Bonchev–Trinajstić information content (AvgIpc) is 2.15. The molecule has 0 aliphatic carbocycles. The molecule has 1 heterocycles. The maximum atomic E-state index is 11.6. The monoisotopic (exact) mass is 209 g/mol. The molecule has 5 heteroatoms. The summed E-state index contributed by atoms with van der Waals surface area (Å²) in [5.74, 6) is 0. The fourth-order valence-electron chi connectivity index (χ4n) is 0.918. The SMILES string of the molecule is CN(C(=O)OC(C)(C)C)c1ccnnc1. The minimum absolute atomic E-state index is 0.407. The molecule has 15 heavy (non-hydrogen) atoms. The van der Waals surface area contributed by atoms with E-state index in [1.165, 1.54) is 17.3 Å². The van der Waals surface area contributed by atoms with E-state index in [0.717, 1.165) is 0 Å². The molecule has 0 aromatic carbocycles. The van der Waals surface area contributed by atoms with E-state index < -0.39 is 11.7 Å². The van der Waals surface area contributed by atoms with Crippen molar-refractivity contribution in [2.45, 2.75) is 26.4 Å². The summed E-state index contributed by atoms with van der Waals surface area (Å²) in [6, 6.07) is 1.69. The van der Waals surface area contributed by atoms with Gasteiger partial charge in [-0.2, -0.15) is 10.2 Å². The second-order valence-electron chi connectivity index (χ2n) is 4.14. The van der Waals surface area contributed by atoms with Gasteiger partial charge < -0.3 is 4.74 Å². The molecule has 1 amide bonds. The van der Waals surface area contributed by atoms with Gasteiger partial charge >= 0.3 is 6.09 Å². The van der Waals surface area contributed by atoms with Crippen LogP contribution in [0.3, 0.4) is 0 Å². The first-order chi connectivity index (χ1) is 6.90. The number of anilines is 1. The zero-order valence-corrected chi connectivity index (χ0v) is 9.39. The summed E-state index contributed by atoms with van der Waals surface area (Å²) in [4.78, 5) is 13.0. The Balaban J connectivity index is 2.70. The van der Waals surface area contributed by atoms with E-state index in [1.54, 1.807) is 13.1 Å². The smallest absolute Gasteiger partial charge is 0.414 e. The van der Waals surface area contributed by atoms with Crippen LogP contribution < -0.4 is 4.90 Å². The third-order valence-electron chi connectivity index (χ3n) is 1.62. The molecule has 5 nitrogen and oxygen atoms in total. The molecule has 1 aromatic heterocycles. The number of aromatic nitrogens is 2. The number of ether oxygens (including phenoxy) is 1. The summed E-state index contributed by atoms with van der Waals surface area (Å²) in [7, 11) is 1.63. The van der Waals surface area contributed by atoms with E-state index >= 15 is 0 Å². The fourth-order valence-corrected chi connectivity index (χ4v) is 0.918. The zero-order chi connectivity index (χ0) is 11.5. The van der Waals surface area contributed by atoms with E-state index in [1.807, 2.05) is 20.8 Å². The molecule has 0 saturated heterocycles. The molecule has 0 spiro atoms. The van der Waals surface area contributed by atoms with Gasteiger partial charge in [-0.25, -0.2) is 4.79 Å². The predicted octanol–water partition coefficient (Wildman–Crippen LogP) is 1.85. The molecular formula is C10H15N3O2. The van der Waals surface area contributed by atoms with Gasteiger partial charge in [0.05, 0.1) is 18.1 Å². The van der Waals surface area contributed by atoms with Gasteiger partial charge in [0.2, 0.25) is 0 Å². The van der Waals surface area contributed by atoms with Crippen LogP contribution in [-0.2, 0) is 4.74 Å². The van der Waals surface area contributed by atoms with Crippen LogP contribution in [0.5, 0.6) is 0 Å². The van der Waals surface area contributed by atoms with E-state index in [4.69, 9.17) is 4.74 Å². The van der Waals surface area contributed by atoms with E-state index in [0.29, 0.717) is 5.69 Å². The Bertz CT molecular complexity index is 332. The molecule has 0 radical (unpaired) electrons. The molecule has 0 saturated carbocycles. The minimum Gasteiger partial charge on any atom is -0.443 e. The molecule has 0 atom stereocenters. The van der Waals surface area contributed by atoms with Crippen molar-refractivity contribution in [3.05, 3.63) is 18.5 Å². The van der Waals surface area contributed by atoms with Gasteiger partial charge in [-0.05, 0) is 26.8 Å². The summed E-state index contributed by atoms with van der Waals surface area (Å²) in [5.41, 5.74) is 0.158. The summed E-state index contributed by atoms with van der Waals surface area (Å²) in [6.07, 6.45) is 2.62. The van der Waals surface area contributed by atoms with Gasteiger partial charge in [0.15, 0.2) is 0 Å². The highest BCUT2D eigenvalue weighted by atomic mass is 16.6. The fraction of sp³-hybridized carbons (Fsp3) is 0.500. The predicted molar refractivity (Wildman–Crippen MR) is 56.7 cm³/mol. The molecule has 0 aliphatic heterocycles. The number of rotatable bonds is 1. The van der Waals surface area contributed by atoms with Crippen LogP contribution in [0.25, 0.3) is 0 Å². The first-order valence-corrected chi connectivity index (χ1v) is 4.63. The van der Waals surface area contributed by atoms with Crippen LogP contribution in [0, 0.1) is 0 Å². The lowest BCUT2D eigenvalue weighted by atomic mass is 10.2. The molecule has 0 N–H and O–H groups in total. The van der Waals surface area contributed by atoms with Crippen molar-refractivity contribution in [2.24, 2.45) is 0 Å². The lowest BCUT2D eigenvalue weighted by Crippen LogP contribution is -2.34. The highest BCUT2D eigenvalue weighted by Crippen LogP contribution is 2.14. The molecule has 0 fully saturated rings. The highest BCUT2D eigenvalue weighted by molar-refractivity contribution is 5.86. The standard InChI is InChI=1S/C10H15N3O2/c1-10(2,3)15-9(14)13(4)8-5-6-11-12-7-8/h5-7H,1-4H3. The lowest BCUT2D eigenvalue weighted by Gasteiger charge is -2.24. The molecule has 0 bridgehead atoms. The summed E-state index contributed by atoms with van der Waals surface area (Å²) >= 11 is 0. The Hall–Kier alpha value is -1.65. The summed E-state index contributed by atoms with van der Waals surface area (Å²) < 4.78 is 5.19. The number of amides is 1. The topological polar surface area (TPSA) is 55.3 Å². The van der Waals surface area contributed by atoms with Crippen molar-refractivity contribution < 1.29 is 9.53 Å². The van der Waals surface area contributed by atoms with Crippen LogP contribution in [0.1, 0.15) is 20.8 Å². The Morgan fingerprint density at radius 1 is 1.40 bits per heavy atom. The molecule has 1 rings (SSSR count). The normalized spacial score (nSPS) is 10.9. The van der Waals surface area contributed by atoms with Gasteiger partial charge in [0.25, 0.3) is 0 Å². The van der Waals surface area contributed by atoms with E-state index in [2.05, 4.69) is 10.2 Å². The van der Waals surface area contributed by atoms with Gasteiger partial charge in [-0.15, -0.1) is 0 Å². The van der Waals surface area contributed by atoms with Crippen LogP contribution in [0.2, 0.25) is 0 Å². The van der Waals surface area contributed by atoms with Crippen molar-refractivity contribution >= 4 is 11.8 Å². The van der Waals surface area contributed by atoms with Crippen LogP contribution >= 0.6 is 0 Å². The number of nitrogens with zero attached hydrogens (tertiary/aromatic N) is 3. The van der Waals surface area contributed by atoms with Gasteiger partial charge in [0.1, 0.15) is 5.60 Å². The van der Waals surface area contributed by atoms with E-state index in [9.17, 15) is 4.79 Å². The van der Waals surface area contributed by atoms with Gasteiger partial charge in [-0.1, -0.05) is 0 Å². The third-order valence-corrected chi connectivity index (χ3v) is 1.62. The molecule has 1 aromatic rings. The molecule has 0 unspecified atom stereocenters. The Morgan fingerprint density at radius 2 is 2.07 bits per heavy atom. The van der Waals surface area contributed by atoms with Crippen LogP contribution in [0.15, 0.2) is 18.5 Å². The second-order valence-corrected chi connectivity index (χ2v) is 4.14. The van der Waals surface area contributed by atoms with Gasteiger partial charge in [-0.3, -0.25) is 4.90 Å². The lowest BCUT2D eigenvalue weighted by molar-refractivity contribution is 0.0589. The molecule has 82 valence electrons. The Morgan fingerprint density at radius 3 is 2.53 bits per heavy atom. The molecule has 0 aliphatic rings. The van der Waals surface area contributed by atoms with Crippen LogP contribution in [0.4, 0.5) is 10.5 Å². The third kappa shape index (κ3) is 3.53.